The zero-order valence-electron chi connectivity index (χ0n) is 12.0. The molecule has 4 nitrogen and oxygen atoms in total. The monoisotopic (exact) mass is 335 g/mol. The number of hydrogen-bond acceptors (Lipinski definition) is 3. The maximum absolute atomic E-state index is 13.8. The first-order valence-corrected chi connectivity index (χ1v) is 8.69. The molecule has 1 aliphatic carbocycles. The van der Waals surface area contributed by atoms with Crippen LogP contribution in [-0.2, 0) is 16.6 Å². The van der Waals surface area contributed by atoms with Crippen molar-refractivity contribution in [2.75, 3.05) is 6.54 Å². The molecule has 0 atom stereocenters. The van der Waals surface area contributed by atoms with Crippen molar-refractivity contribution in [2.24, 2.45) is 5.92 Å². The molecule has 2 rings (SSSR count). The number of halogens is 2. The summed E-state index contributed by atoms with van der Waals surface area (Å²) in [5.41, 5.74) is 0.0744. The molecule has 7 heteroatoms. The molecule has 21 heavy (non-hydrogen) atoms. The second kappa shape index (κ2) is 6.20. The van der Waals surface area contributed by atoms with Gasteiger partial charge in [0.2, 0.25) is 10.0 Å². The number of aliphatic hydroxyl groups excluding tert-OH is 1. The molecule has 0 saturated heterocycles. The first-order valence-electron chi connectivity index (χ1n) is 6.88. The summed E-state index contributed by atoms with van der Waals surface area (Å²) in [6.07, 6.45) is 2.05. The van der Waals surface area contributed by atoms with E-state index in [1.807, 2.05) is 0 Å². The second-order valence-electron chi connectivity index (χ2n) is 5.65. The lowest BCUT2D eigenvalue weighted by Crippen LogP contribution is -2.38. The molecule has 1 fully saturated rings. The van der Waals surface area contributed by atoms with Gasteiger partial charge in [-0.2, -0.15) is 4.31 Å². The van der Waals surface area contributed by atoms with E-state index in [-0.39, 0.29) is 21.5 Å². The highest BCUT2D eigenvalue weighted by atomic mass is 35.5. The van der Waals surface area contributed by atoms with Crippen molar-refractivity contribution >= 4 is 21.6 Å². The predicted molar refractivity (Wildman–Crippen MR) is 79.1 cm³/mol. The van der Waals surface area contributed by atoms with E-state index in [2.05, 4.69) is 0 Å². The van der Waals surface area contributed by atoms with Crippen LogP contribution in [0.1, 0.15) is 32.3 Å². The Morgan fingerprint density at radius 3 is 2.52 bits per heavy atom. The Kier molecular flexibility index (Phi) is 4.92. The van der Waals surface area contributed by atoms with E-state index in [0.29, 0.717) is 12.5 Å². The van der Waals surface area contributed by atoms with E-state index in [4.69, 9.17) is 11.6 Å². The average molecular weight is 336 g/mol. The SMILES string of the molecule is CC(C)N(CC1CC1)S(=O)(=O)c1cc(F)c(Cl)c(CO)c1. The van der Waals surface area contributed by atoms with Gasteiger partial charge in [0.25, 0.3) is 0 Å². The first-order chi connectivity index (χ1) is 9.77. The van der Waals surface area contributed by atoms with Gasteiger partial charge in [-0.25, -0.2) is 12.8 Å². The molecule has 1 aromatic carbocycles. The number of aliphatic hydroxyl groups is 1. The molecule has 1 aromatic rings. The third-order valence-electron chi connectivity index (χ3n) is 3.57. The lowest BCUT2D eigenvalue weighted by molar-refractivity contribution is 0.281. The number of benzene rings is 1. The highest BCUT2D eigenvalue weighted by Gasteiger charge is 2.34. The third-order valence-corrected chi connectivity index (χ3v) is 6.01. The quantitative estimate of drug-likeness (QED) is 0.869. The van der Waals surface area contributed by atoms with Crippen molar-refractivity contribution in [2.45, 2.75) is 44.2 Å². The van der Waals surface area contributed by atoms with E-state index < -0.39 is 22.4 Å². The van der Waals surface area contributed by atoms with Crippen LogP contribution in [-0.4, -0.2) is 30.4 Å². The van der Waals surface area contributed by atoms with Gasteiger partial charge in [-0.15, -0.1) is 0 Å². The Balaban J connectivity index is 2.43. The Morgan fingerprint density at radius 1 is 1.43 bits per heavy atom. The molecule has 1 saturated carbocycles. The number of hydrogen-bond donors (Lipinski definition) is 1. The van der Waals surface area contributed by atoms with Crippen LogP contribution in [0.5, 0.6) is 0 Å². The van der Waals surface area contributed by atoms with Crippen LogP contribution in [0.2, 0.25) is 5.02 Å². The standard InChI is InChI=1S/C14H19ClFNO3S/c1-9(2)17(7-10-3-4-10)21(19,20)12-5-11(8-18)14(15)13(16)6-12/h5-6,9-10,18H,3-4,7-8H2,1-2H3. The molecule has 0 aliphatic heterocycles. The van der Waals surface area contributed by atoms with Crippen molar-refractivity contribution in [3.63, 3.8) is 0 Å². The van der Waals surface area contributed by atoms with Crippen LogP contribution in [0.25, 0.3) is 0 Å². The lowest BCUT2D eigenvalue weighted by Gasteiger charge is -2.26. The molecule has 0 spiro atoms. The fourth-order valence-corrected chi connectivity index (χ4v) is 4.10. The zero-order valence-corrected chi connectivity index (χ0v) is 13.6. The molecule has 0 bridgehead atoms. The van der Waals surface area contributed by atoms with Gasteiger partial charge < -0.3 is 5.11 Å². The molecular formula is C14H19ClFNO3S. The smallest absolute Gasteiger partial charge is 0.243 e. The normalized spacial score (nSPS) is 16.0. The fraction of sp³-hybridized carbons (Fsp3) is 0.571. The summed E-state index contributed by atoms with van der Waals surface area (Å²) in [5.74, 6) is -0.450. The minimum absolute atomic E-state index is 0.0744. The van der Waals surface area contributed by atoms with E-state index in [1.165, 1.54) is 10.4 Å². The maximum Gasteiger partial charge on any atom is 0.243 e. The summed E-state index contributed by atoms with van der Waals surface area (Å²) < 4.78 is 40.6. The van der Waals surface area contributed by atoms with Gasteiger partial charge in [0.15, 0.2) is 0 Å². The second-order valence-corrected chi connectivity index (χ2v) is 7.92. The van der Waals surface area contributed by atoms with Crippen molar-refractivity contribution in [1.82, 2.24) is 4.31 Å². The molecule has 0 heterocycles. The maximum atomic E-state index is 13.8. The Bertz CT molecular complexity index is 629. The lowest BCUT2D eigenvalue weighted by atomic mass is 10.2. The van der Waals surface area contributed by atoms with E-state index in [9.17, 15) is 17.9 Å². The van der Waals surface area contributed by atoms with Crippen LogP contribution in [0.4, 0.5) is 4.39 Å². The minimum Gasteiger partial charge on any atom is -0.392 e. The van der Waals surface area contributed by atoms with Crippen molar-refractivity contribution in [3.05, 3.63) is 28.5 Å². The summed E-state index contributed by atoms with van der Waals surface area (Å²) in [7, 11) is -3.80. The van der Waals surface area contributed by atoms with Crippen molar-refractivity contribution < 1.29 is 17.9 Å². The van der Waals surface area contributed by atoms with Gasteiger partial charge in [0.05, 0.1) is 16.5 Å². The average Bonchev–Trinajstić information content (AvgIpc) is 3.22. The third kappa shape index (κ3) is 3.56. The summed E-state index contributed by atoms with van der Waals surface area (Å²) in [5, 5.41) is 8.94. The predicted octanol–water partition coefficient (Wildman–Crippen LogP) is 2.78. The topological polar surface area (TPSA) is 57.6 Å². The molecule has 0 radical (unpaired) electrons. The van der Waals surface area contributed by atoms with Crippen LogP contribution in [0, 0.1) is 11.7 Å². The number of sulfonamides is 1. The summed E-state index contributed by atoms with van der Waals surface area (Å²) >= 11 is 5.71. The highest BCUT2D eigenvalue weighted by Crippen LogP contribution is 2.33. The molecular weight excluding hydrogens is 317 g/mol. The fourth-order valence-electron chi connectivity index (χ4n) is 2.16. The Hall–Kier alpha value is -0.690. The van der Waals surface area contributed by atoms with E-state index >= 15 is 0 Å². The van der Waals surface area contributed by atoms with Gasteiger partial charge in [-0.1, -0.05) is 11.6 Å². The minimum atomic E-state index is -3.80. The molecule has 1 N–H and O–H groups in total. The van der Waals surface area contributed by atoms with Gasteiger partial charge in [-0.05, 0) is 44.7 Å². The van der Waals surface area contributed by atoms with E-state index in [1.54, 1.807) is 13.8 Å². The van der Waals surface area contributed by atoms with Crippen LogP contribution in [0.3, 0.4) is 0 Å². The zero-order chi connectivity index (χ0) is 15.8. The van der Waals surface area contributed by atoms with Crippen molar-refractivity contribution in [3.8, 4) is 0 Å². The first kappa shape index (κ1) is 16.7. The Labute approximate surface area is 129 Å². The largest absolute Gasteiger partial charge is 0.392 e. The van der Waals surface area contributed by atoms with Gasteiger partial charge >= 0.3 is 0 Å². The van der Waals surface area contributed by atoms with Crippen LogP contribution in [0.15, 0.2) is 17.0 Å². The van der Waals surface area contributed by atoms with Crippen LogP contribution >= 0.6 is 11.6 Å². The van der Waals surface area contributed by atoms with Gasteiger partial charge in [0.1, 0.15) is 5.82 Å². The molecule has 0 aromatic heterocycles. The summed E-state index contributed by atoms with van der Waals surface area (Å²) in [6.45, 7) is 3.51. The molecule has 118 valence electrons. The van der Waals surface area contributed by atoms with Gasteiger partial charge in [-0.3, -0.25) is 0 Å². The summed E-state index contributed by atoms with van der Waals surface area (Å²) in [6, 6.07) is 1.94. The molecule has 0 amide bonds. The Morgan fingerprint density at radius 2 is 2.05 bits per heavy atom. The number of nitrogens with zero attached hydrogens (tertiary/aromatic N) is 1. The van der Waals surface area contributed by atoms with Crippen molar-refractivity contribution in [1.29, 1.82) is 0 Å². The van der Waals surface area contributed by atoms with Gasteiger partial charge in [0, 0.05) is 18.2 Å². The highest BCUT2D eigenvalue weighted by molar-refractivity contribution is 7.89. The number of rotatable bonds is 6. The summed E-state index contributed by atoms with van der Waals surface area (Å²) in [4.78, 5) is -0.164. The molecule has 0 unspecified atom stereocenters. The molecule has 1 aliphatic rings. The van der Waals surface area contributed by atoms with Crippen LogP contribution < -0.4 is 0 Å². The van der Waals surface area contributed by atoms with E-state index in [0.717, 1.165) is 18.9 Å².